The summed E-state index contributed by atoms with van der Waals surface area (Å²) < 4.78 is 6.48. The van der Waals surface area contributed by atoms with E-state index in [4.69, 9.17) is 21.9 Å². The van der Waals surface area contributed by atoms with E-state index >= 15 is 0 Å². The lowest BCUT2D eigenvalue weighted by Crippen LogP contribution is -2.45. The van der Waals surface area contributed by atoms with Gasteiger partial charge in [0, 0.05) is 30.1 Å². The van der Waals surface area contributed by atoms with Crippen LogP contribution in [0.5, 0.6) is 0 Å². The quantitative estimate of drug-likeness (QED) is 0.363. The average Bonchev–Trinajstić information content (AvgIpc) is 3.40. The first-order valence-corrected chi connectivity index (χ1v) is 12.2. The van der Waals surface area contributed by atoms with E-state index in [9.17, 15) is 9.59 Å². The van der Waals surface area contributed by atoms with Gasteiger partial charge in [-0.2, -0.15) is 5.10 Å². The molecule has 1 aromatic carbocycles. The second kappa shape index (κ2) is 12.5. The van der Waals surface area contributed by atoms with E-state index in [2.05, 4.69) is 44.3 Å². The molecular formula is C28H40N6O3. The van der Waals surface area contributed by atoms with Gasteiger partial charge in [-0.1, -0.05) is 32.4 Å². The van der Waals surface area contributed by atoms with Crippen molar-refractivity contribution in [2.75, 3.05) is 24.8 Å². The molecule has 3 aromatic rings. The van der Waals surface area contributed by atoms with Crippen molar-refractivity contribution in [1.29, 1.82) is 0 Å². The van der Waals surface area contributed by atoms with Gasteiger partial charge in [-0.05, 0) is 48.9 Å². The third-order valence-electron chi connectivity index (χ3n) is 7.02. The van der Waals surface area contributed by atoms with E-state index in [-0.39, 0.29) is 17.0 Å². The van der Waals surface area contributed by atoms with Crippen LogP contribution >= 0.6 is 0 Å². The molecule has 1 saturated carbocycles. The van der Waals surface area contributed by atoms with Crippen LogP contribution in [0, 0.1) is 5.41 Å². The predicted octanol–water partition coefficient (Wildman–Crippen LogP) is 4.37. The van der Waals surface area contributed by atoms with Crippen LogP contribution in [-0.4, -0.2) is 40.7 Å². The third kappa shape index (κ3) is 7.18. The van der Waals surface area contributed by atoms with Crippen molar-refractivity contribution in [3.8, 4) is 11.1 Å². The first-order chi connectivity index (χ1) is 17.4. The molecule has 37 heavy (non-hydrogen) atoms. The second-order valence-electron chi connectivity index (χ2n) is 9.92. The number of anilines is 2. The van der Waals surface area contributed by atoms with Crippen molar-refractivity contribution in [3.05, 3.63) is 61.4 Å². The fraction of sp³-hybridized carbons (Fsp3) is 0.393. The Kier molecular flexibility index (Phi) is 9.99. The van der Waals surface area contributed by atoms with Gasteiger partial charge in [0.2, 0.25) is 5.91 Å². The molecule has 7 N–H and O–H groups in total. The van der Waals surface area contributed by atoms with Crippen LogP contribution in [-0.2, 0) is 9.53 Å². The molecule has 2 aromatic heterocycles. The number of rotatable bonds is 6. The lowest BCUT2D eigenvalue weighted by Gasteiger charge is -2.34. The number of nitrogens with one attached hydrogen (secondary N) is 1. The van der Waals surface area contributed by atoms with Gasteiger partial charge in [-0.25, -0.2) is 4.52 Å². The van der Waals surface area contributed by atoms with Crippen molar-refractivity contribution in [1.82, 2.24) is 9.61 Å². The van der Waals surface area contributed by atoms with Gasteiger partial charge in [0.1, 0.15) is 0 Å². The molecule has 2 heterocycles. The van der Waals surface area contributed by atoms with E-state index in [1.165, 1.54) is 25.5 Å². The Morgan fingerprint density at radius 3 is 2.27 bits per heavy atom. The van der Waals surface area contributed by atoms with Gasteiger partial charge in [-0.3, -0.25) is 9.59 Å². The minimum Gasteiger partial charge on any atom is -0.396 e. The fourth-order valence-electron chi connectivity index (χ4n) is 4.12. The Bertz CT molecular complexity index is 1200. The number of nitrogen functional groups attached to an aromatic ring is 1. The molecule has 1 fully saturated rings. The lowest BCUT2D eigenvalue weighted by atomic mass is 9.77. The Morgan fingerprint density at radius 1 is 1.14 bits per heavy atom. The van der Waals surface area contributed by atoms with Gasteiger partial charge >= 0.3 is 0 Å². The Morgan fingerprint density at radius 2 is 1.78 bits per heavy atom. The Hall–Kier alpha value is -3.69. The maximum absolute atomic E-state index is 11.7. The highest BCUT2D eigenvalue weighted by Gasteiger charge is 2.41. The highest BCUT2D eigenvalue weighted by atomic mass is 16.5. The van der Waals surface area contributed by atoms with Gasteiger partial charge in [-0.15, -0.1) is 13.2 Å². The van der Waals surface area contributed by atoms with Gasteiger partial charge in [0.25, 0.3) is 5.91 Å². The maximum atomic E-state index is 11.7. The number of nitrogens with zero attached hydrogens (tertiary/aromatic N) is 2. The summed E-state index contributed by atoms with van der Waals surface area (Å²) in [4.78, 5) is 23.1. The van der Waals surface area contributed by atoms with Crippen molar-refractivity contribution in [3.63, 3.8) is 0 Å². The molecule has 0 bridgehead atoms. The number of benzene rings is 1. The van der Waals surface area contributed by atoms with Crippen molar-refractivity contribution in [2.24, 2.45) is 16.9 Å². The van der Waals surface area contributed by atoms with Crippen LogP contribution in [0.25, 0.3) is 16.6 Å². The topological polar surface area (TPSA) is 151 Å². The van der Waals surface area contributed by atoms with Gasteiger partial charge < -0.3 is 27.3 Å². The monoisotopic (exact) mass is 508 g/mol. The molecule has 0 spiro atoms. The van der Waals surface area contributed by atoms with E-state index in [1.807, 2.05) is 36.5 Å². The largest absolute Gasteiger partial charge is 0.396 e. The van der Waals surface area contributed by atoms with Crippen LogP contribution in [0.4, 0.5) is 11.4 Å². The molecule has 1 aliphatic carbocycles. The van der Waals surface area contributed by atoms with Crippen LogP contribution in [0.2, 0.25) is 0 Å². The molecule has 9 nitrogen and oxygen atoms in total. The fourth-order valence-corrected chi connectivity index (χ4v) is 4.12. The zero-order valence-electron chi connectivity index (χ0n) is 22.3. The minimum atomic E-state index is -0.617. The van der Waals surface area contributed by atoms with E-state index in [0.29, 0.717) is 35.3 Å². The predicted molar refractivity (Wildman–Crippen MR) is 150 cm³/mol. The van der Waals surface area contributed by atoms with E-state index in [0.717, 1.165) is 11.1 Å². The molecule has 0 radical (unpaired) electrons. The molecule has 0 aliphatic heterocycles. The number of carbonyl (C=O) groups excluding carboxylic acids is 2. The molecule has 2 amide bonds. The summed E-state index contributed by atoms with van der Waals surface area (Å²) in [5.41, 5.74) is 21.4. The molecule has 1 aliphatic rings. The molecule has 1 unspecified atom stereocenters. The van der Waals surface area contributed by atoms with Gasteiger partial charge in [0.15, 0.2) is 0 Å². The summed E-state index contributed by atoms with van der Waals surface area (Å²) in [5, 5.41) is 6.97. The minimum absolute atomic E-state index is 0.0903. The summed E-state index contributed by atoms with van der Waals surface area (Å²) in [6, 6.07) is 9.22. The summed E-state index contributed by atoms with van der Waals surface area (Å²) >= 11 is 0. The lowest BCUT2D eigenvalue weighted by molar-refractivity contribution is -0.117. The molecule has 9 heteroatoms. The molecule has 1 atom stereocenters. The van der Waals surface area contributed by atoms with E-state index < -0.39 is 5.91 Å². The first kappa shape index (κ1) is 29.5. The number of nitrogens with two attached hydrogens (primary N) is 3. The highest BCUT2D eigenvalue weighted by molar-refractivity contribution is 6.01. The molecule has 0 saturated heterocycles. The van der Waals surface area contributed by atoms with E-state index in [1.54, 1.807) is 11.6 Å². The van der Waals surface area contributed by atoms with Crippen LogP contribution in [0.3, 0.4) is 0 Å². The summed E-state index contributed by atoms with van der Waals surface area (Å²) in [6.45, 7) is 13.1. The number of primary amides is 1. The number of ether oxygens (including phenoxy) is 1. The Balaban J connectivity index is 0.000000367. The number of amides is 2. The summed E-state index contributed by atoms with van der Waals surface area (Å²) in [6.07, 6.45) is 7.26. The standard InChI is InChI=1S/C18H19N5O3.C8H17N.C2H4/c1-26-7-6-16(24)22-13-4-2-11(3-5-13)12-8-15-17(19)14(18(20)25)9-21-23(15)10-12;1-7(2)5-4-6-8(7,3)9;1-2/h2-5,8-10H,6-7,19H2,1H3,(H2,20,25)(H,22,24);4-6,9H2,1-3H3;1-2H2. The first-order valence-electron chi connectivity index (χ1n) is 12.2. The zero-order valence-corrected chi connectivity index (χ0v) is 22.3. The molecule has 4 rings (SSSR count). The number of fused-ring (bicyclic) bond motifs is 1. The SMILES string of the molecule is C=C.CC1(C)CCCC1(C)N.COCCC(=O)Nc1ccc(-c2cc3c(N)c(C(N)=O)cnn3c2)cc1. The Labute approximate surface area is 219 Å². The van der Waals surface area contributed by atoms with Crippen molar-refractivity contribution >= 4 is 28.7 Å². The second-order valence-corrected chi connectivity index (χ2v) is 9.92. The normalized spacial score (nSPS) is 17.8. The number of hydrogen-bond donors (Lipinski definition) is 4. The summed E-state index contributed by atoms with van der Waals surface area (Å²) in [7, 11) is 1.55. The van der Waals surface area contributed by atoms with Crippen LogP contribution in [0.15, 0.2) is 55.9 Å². The zero-order chi connectivity index (χ0) is 27.8. The number of aromatic nitrogens is 2. The van der Waals surface area contributed by atoms with Crippen molar-refractivity contribution < 1.29 is 14.3 Å². The molecule has 200 valence electrons. The number of hydrogen-bond acceptors (Lipinski definition) is 6. The smallest absolute Gasteiger partial charge is 0.252 e. The molecular weight excluding hydrogens is 468 g/mol. The van der Waals surface area contributed by atoms with Crippen LogP contribution in [0.1, 0.15) is 56.8 Å². The third-order valence-corrected chi connectivity index (χ3v) is 7.02. The number of carbonyl (C=O) groups is 2. The number of methoxy groups -OCH3 is 1. The van der Waals surface area contributed by atoms with Gasteiger partial charge in [0.05, 0.1) is 36.0 Å². The van der Waals surface area contributed by atoms with Crippen molar-refractivity contribution in [2.45, 2.75) is 52.0 Å². The summed E-state index contributed by atoms with van der Waals surface area (Å²) in [5.74, 6) is -0.723. The van der Waals surface area contributed by atoms with Crippen LogP contribution < -0.4 is 22.5 Å². The average molecular weight is 509 g/mol. The maximum Gasteiger partial charge on any atom is 0.252 e. The highest BCUT2D eigenvalue weighted by Crippen LogP contribution is 2.43.